The van der Waals surface area contributed by atoms with Gasteiger partial charge in [-0.25, -0.2) is 4.39 Å². The van der Waals surface area contributed by atoms with Crippen molar-refractivity contribution >= 4 is 11.4 Å². The quantitative estimate of drug-likeness (QED) is 0.913. The van der Waals surface area contributed by atoms with Crippen molar-refractivity contribution in [2.45, 2.75) is 13.3 Å². The van der Waals surface area contributed by atoms with Crippen LogP contribution < -0.4 is 10.2 Å². The fraction of sp³-hybridized carbons (Fsp3) is 0.294. The zero-order chi connectivity index (χ0) is 13.9. The Kier molecular flexibility index (Phi) is 3.59. The van der Waals surface area contributed by atoms with Gasteiger partial charge in [0.05, 0.1) is 0 Å². The van der Waals surface area contributed by atoms with Crippen molar-refractivity contribution in [1.82, 2.24) is 0 Å². The number of nitrogens with one attached hydrogen (secondary N) is 1. The molecule has 0 fully saturated rings. The van der Waals surface area contributed by atoms with Crippen LogP contribution in [0.1, 0.15) is 11.1 Å². The molecule has 0 spiro atoms. The molecule has 104 valence electrons. The molecule has 1 aliphatic rings. The topological polar surface area (TPSA) is 15.3 Å². The zero-order valence-corrected chi connectivity index (χ0v) is 11.7. The van der Waals surface area contributed by atoms with E-state index in [1.807, 2.05) is 6.07 Å². The van der Waals surface area contributed by atoms with Gasteiger partial charge in [-0.3, -0.25) is 0 Å². The van der Waals surface area contributed by atoms with Crippen LogP contribution in [-0.2, 0) is 6.42 Å². The van der Waals surface area contributed by atoms with E-state index in [4.69, 9.17) is 0 Å². The molecule has 3 heteroatoms. The number of nitrogens with zero attached hydrogens (tertiary/aromatic N) is 1. The molecule has 0 atom stereocenters. The van der Waals surface area contributed by atoms with E-state index in [9.17, 15) is 4.39 Å². The lowest BCUT2D eigenvalue weighted by atomic mass is 10.2. The fourth-order valence-electron chi connectivity index (χ4n) is 2.66. The molecular weight excluding hydrogens is 251 g/mol. The lowest BCUT2D eigenvalue weighted by molar-refractivity contribution is 0.627. The van der Waals surface area contributed by atoms with Gasteiger partial charge in [-0.2, -0.15) is 0 Å². The Labute approximate surface area is 119 Å². The number of benzene rings is 2. The Hall–Kier alpha value is -2.03. The molecule has 1 heterocycles. The van der Waals surface area contributed by atoms with E-state index in [0.29, 0.717) is 0 Å². The van der Waals surface area contributed by atoms with Crippen molar-refractivity contribution in [3.8, 4) is 0 Å². The summed E-state index contributed by atoms with van der Waals surface area (Å²) in [5, 5.41) is 3.41. The molecule has 0 aromatic heterocycles. The standard InChI is InChI=1S/C17H19FN2/c1-13-2-6-16(7-3-13)19-9-11-20-10-8-14-4-5-15(18)12-17(14)20/h2-7,12,19H,8-11H2,1H3. The van der Waals surface area contributed by atoms with Crippen LogP contribution in [0.5, 0.6) is 0 Å². The number of hydrogen-bond donors (Lipinski definition) is 1. The first-order valence-corrected chi connectivity index (χ1v) is 7.06. The highest BCUT2D eigenvalue weighted by Gasteiger charge is 2.18. The highest BCUT2D eigenvalue weighted by molar-refractivity contribution is 5.58. The van der Waals surface area contributed by atoms with E-state index in [-0.39, 0.29) is 5.82 Å². The summed E-state index contributed by atoms with van der Waals surface area (Å²) in [4.78, 5) is 2.25. The average Bonchev–Trinajstić information content (AvgIpc) is 2.84. The van der Waals surface area contributed by atoms with E-state index in [2.05, 4.69) is 41.4 Å². The second-order valence-electron chi connectivity index (χ2n) is 5.30. The molecule has 3 rings (SSSR count). The molecule has 0 unspecified atom stereocenters. The zero-order valence-electron chi connectivity index (χ0n) is 11.7. The molecule has 1 N–H and O–H groups in total. The summed E-state index contributed by atoms with van der Waals surface area (Å²) < 4.78 is 13.3. The van der Waals surface area contributed by atoms with Crippen LogP contribution in [0.25, 0.3) is 0 Å². The van der Waals surface area contributed by atoms with Gasteiger partial charge in [0.25, 0.3) is 0 Å². The normalized spacial score (nSPS) is 13.4. The lowest BCUT2D eigenvalue weighted by Crippen LogP contribution is -2.27. The van der Waals surface area contributed by atoms with Crippen LogP contribution >= 0.6 is 0 Å². The molecule has 0 saturated heterocycles. The minimum atomic E-state index is -0.151. The van der Waals surface area contributed by atoms with Gasteiger partial charge in [-0.15, -0.1) is 0 Å². The van der Waals surface area contributed by atoms with Crippen LogP contribution in [-0.4, -0.2) is 19.6 Å². The first kappa shape index (κ1) is 13.0. The lowest BCUT2D eigenvalue weighted by Gasteiger charge is -2.20. The van der Waals surface area contributed by atoms with Gasteiger partial charge in [0.15, 0.2) is 0 Å². The van der Waals surface area contributed by atoms with Crippen molar-refractivity contribution in [3.05, 3.63) is 59.4 Å². The van der Waals surface area contributed by atoms with Crippen LogP contribution in [0, 0.1) is 12.7 Å². The third-order valence-corrected chi connectivity index (χ3v) is 3.80. The van der Waals surface area contributed by atoms with Gasteiger partial charge < -0.3 is 10.2 Å². The van der Waals surface area contributed by atoms with Gasteiger partial charge in [-0.05, 0) is 43.2 Å². The van der Waals surface area contributed by atoms with Gasteiger partial charge in [-0.1, -0.05) is 23.8 Å². The summed E-state index contributed by atoms with van der Waals surface area (Å²) in [7, 11) is 0. The summed E-state index contributed by atoms with van der Waals surface area (Å²) in [5.41, 5.74) is 4.70. The van der Waals surface area contributed by atoms with Gasteiger partial charge in [0.1, 0.15) is 5.82 Å². The number of halogens is 1. The summed E-state index contributed by atoms with van der Waals surface area (Å²) in [6.45, 7) is 4.82. The van der Waals surface area contributed by atoms with Crippen molar-refractivity contribution in [1.29, 1.82) is 0 Å². The monoisotopic (exact) mass is 270 g/mol. The minimum absolute atomic E-state index is 0.151. The number of fused-ring (bicyclic) bond motifs is 1. The largest absolute Gasteiger partial charge is 0.383 e. The molecule has 2 nitrogen and oxygen atoms in total. The maximum Gasteiger partial charge on any atom is 0.125 e. The highest BCUT2D eigenvalue weighted by atomic mass is 19.1. The first-order chi connectivity index (χ1) is 9.72. The van der Waals surface area contributed by atoms with E-state index < -0.39 is 0 Å². The molecule has 2 aromatic rings. The third-order valence-electron chi connectivity index (χ3n) is 3.80. The molecule has 20 heavy (non-hydrogen) atoms. The molecule has 0 saturated carbocycles. The number of aryl methyl sites for hydroxylation is 1. The summed E-state index contributed by atoms with van der Waals surface area (Å²) in [6, 6.07) is 13.5. The van der Waals surface area contributed by atoms with E-state index in [0.717, 1.165) is 37.4 Å². The SMILES string of the molecule is Cc1ccc(NCCN2CCc3ccc(F)cc32)cc1. The van der Waals surface area contributed by atoms with E-state index in [1.54, 1.807) is 12.1 Å². The molecular formula is C17H19FN2. The third kappa shape index (κ3) is 2.77. The van der Waals surface area contributed by atoms with Crippen molar-refractivity contribution in [3.63, 3.8) is 0 Å². The number of hydrogen-bond acceptors (Lipinski definition) is 2. The summed E-state index contributed by atoms with van der Waals surface area (Å²) >= 11 is 0. The summed E-state index contributed by atoms with van der Waals surface area (Å²) in [5.74, 6) is -0.151. The van der Waals surface area contributed by atoms with E-state index >= 15 is 0 Å². The van der Waals surface area contributed by atoms with E-state index in [1.165, 1.54) is 11.1 Å². The van der Waals surface area contributed by atoms with Crippen LogP contribution in [0.3, 0.4) is 0 Å². The second kappa shape index (κ2) is 5.53. The van der Waals surface area contributed by atoms with Crippen LogP contribution in [0.4, 0.5) is 15.8 Å². The van der Waals surface area contributed by atoms with Crippen molar-refractivity contribution < 1.29 is 4.39 Å². The average molecular weight is 270 g/mol. The molecule has 0 radical (unpaired) electrons. The number of anilines is 2. The second-order valence-corrected chi connectivity index (χ2v) is 5.30. The Morgan fingerprint density at radius 2 is 1.95 bits per heavy atom. The highest BCUT2D eigenvalue weighted by Crippen LogP contribution is 2.28. The molecule has 1 aliphatic heterocycles. The van der Waals surface area contributed by atoms with Crippen LogP contribution in [0.2, 0.25) is 0 Å². The van der Waals surface area contributed by atoms with Crippen LogP contribution in [0.15, 0.2) is 42.5 Å². The first-order valence-electron chi connectivity index (χ1n) is 7.06. The Balaban J connectivity index is 1.58. The molecule has 2 aromatic carbocycles. The maximum absolute atomic E-state index is 13.3. The fourth-order valence-corrected chi connectivity index (χ4v) is 2.66. The van der Waals surface area contributed by atoms with Gasteiger partial charge in [0.2, 0.25) is 0 Å². The predicted octanol–water partition coefficient (Wildman–Crippen LogP) is 3.61. The molecule has 0 bridgehead atoms. The predicted molar refractivity (Wildman–Crippen MR) is 82.0 cm³/mol. The Bertz CT molecular complexity index is 592. The van der Waals surface area contributed by atoms with Gasteiger partial charge in [0, 0.05) is 31.0 Å². The van der Waals surface area contributed by atoms with Gasteiger partial charge >= 0.3 is 0 Å². The maximum atomic E-state index is 13.3. The van der Waals surface area contributed by atoms with Crippen molar-refractivity contribution in [2.75, 3.05) is 29.9 Å². The summed E-state index contributed by atoms with van der Waals surface area (Å²) in [6.07, 6.45) is 1.01. The molecule has 0 aliphatic carbocycles. The van der Waals surface area contributed by atoms with Crippen molar-refractivity contribution in [2.24, 2.45) is 0 Å². The minimum Gasteiger partial charge on any atom is -0.383 e. The Morgan fingerprint density at radius 3 is 2.75 bits per heavy atom. The Morgan fingerprint density at radius 1 is 1.15 bits per heavy atom. The molecule has 0 amide bonds. The smallest absolute Gasteiger partial charge is 0.125 e. The number of rotatable bonds is 4.